The van der Waals surface area contributed by atoms with Crippen molar-refractivity contribution < 1.29 is 5.11 Å². The van der Waals surface area contributed by atoms with E-state index in [4.69, 9.17) is 17.3 Å². The molecule has 120 valence electrons. The molecule has 0 saturated carbocycles. The van der Waals surface area contributed by atoms with E-state index in [1.165, 1.54) is 0 Å². The Hall–Kier alpha value is -1.81. The molecule has 1 atom stereocenters. The molecule has 3 aromatic rings. The molecule has 0 radical (unpaired) electrons. The van der Waals surface area contributed by atoms with Crippen LogP contribution in [0.15, 0.2) is 48.7 Å². The van der Waals surface area contributed by atoms with Crippen molar-refractivity contribution in [1.82, 2.24) is 4.57 Å². The molecule has 3 nitrogen and oxygen atoms in total. The maximum Gasteiger partial charge on any atom is 0.133 e. The van der Waals surface area contributed by atoms with Gasteiger partial charge in [0.1, 0.15) is 6.23 Å². The van der Waals surface area contributed by atoms with Crippen molar-refractivity contribution in [2.24, 2.45) is 11.7 Å². The Labute approximate surface area is 141 Å². The van der Waals surface area contributed by atoms with Crippen molar-refractivity contribution in [3.8, 4) is 11.1 Å². The summed E-state index contributed by atoms with van der Waals surface area (Å²) < 4.78 is 1.91. The Kier molecular flexibility index (Phi) is 4.44. The number of halogens is 1. The minimum Gasteiger partial charge on any atom is -0.373 e. The highest BCUT2D eigenvalue weighted by atomic mass is 35.5. The lowest BCUT2D eigenvalue weighted by atomic mass is 10.0. The average Bonchev–Trinajstić information content (AvgIpc) is 2.92. The molecule has 1 heterocycles. The van der Waals surface area contributed by atoms with Gasteiger partial charge in [-0.3, -0.25) is 0 Å². The molecule has 0 amide bonds. The summed E-state index contributed by atoms with van der Waals surface area (Å²) >= 11 is 6.32. The lowest BCUT2D eigenvalue weighted by Gasteiger charge is -2.18. The van der Waals surface area contributed by atoms with Crippen LogP contribution in [0.25, 0.3) is 22.0 Å². The fourth-order valence-electron chi connectivity index (χ4n) is 2.89. The fourth-order valence-corrected chi connectivity index (χ4v) is 3.13. The highest BCUT2D eigenvalue weighted by molar-refractivity contribution is 6.33. The second kappa shape index (κ2) is 6.36. The van der Waals surface area contributed by atoms with Gasteiger partial charge in [-0.1, -0.05) is 55.8 Å². The summed E-state index contributed by atoms with van der Waals surface area (Å²) in [7, 11) is 0. The van der Waals surface area contributed by atoms with Crippen LogP contribution in [0.4, 0.5) is 0 Å². The van der Waals surface area contributed by atoms with Crippen molar-refractivity contribution in [3.05, 3.63) is 59.2 Å². The Morgan fingerprint density at radius 2 is 1.91 bits per heavy atom. The molecule has 0 bridgehead atoms. The molecule has 2 aromatic carbocycles. The van der Waals surface area contributed by atoms with Crippen LogP contribution in [0.2, 0.25) is 5.02 Å². The van der Waals surface area contributed by atoms with Crippen molar-refractivity contribution >= 4 is 22.5 Å². The molecule has 0 saturated heterocycles. The number of hydrogen-bond acceptors (Lipinski definition) is 2. The highest BCUT2D eigenvalue weighted by Crippen LogP contribution is 2.33. The van der Waals surface area contributed by atoms with E-state index in [0.717, 1.165) is 27.6 Å². The summed E-state index contributed by atoms with van der Waals surface area (Å²) in [6.07, 6.45) is 1.37. The molecule has 1 unspecified atom stereocenters. The average molecular weight is 329 g/mol. The van der Waals surface area contributed by atoms with Gasteiger partial charge in [0, 0.05) is 28.7 Å². The van der Waals surface area contributed by atoms with Crippen LogP contribution >= 0.6 is 11.6 Å². The third kappa shape index (κ3) is 2.88. The lowest BCUT2D eigenvalue weighted by Crippen LogP contribution is -2.13. The van der Waals surface area contributed by atoms with Crippen LogP contribution in [0.1, 0.15) is 25.6 Å². The minimum atomic E-state index is -0.584. The van der Waals surface area contributed by atoms with Crippen LogP contribution in [0, 0.1) is 5.92 Å². The smallest absolute Gasteiger partial charge is 0.133 e. The number of fused-ring (bicyclic) bond motifs is 1. The largest absolute Gasteiger partial charge is 0.373 e. The van der Waals surface area contributed by atoms with Crippen molar-refractivity contribution in [3.63, 3.8) is 0 Å². The maximum atomic E-state index is 10.5. The molecule has 23 heavy (non-hydrogen) atoms. The van der Waals surface area contributed by atoms with Crippen LogP contribution < -0.4 is 5.73 Å². The van der Waals surface area contributed by atoms with Gasteiger partial charge in [-0.25, -0.2) is 0 Å². The van der Waals surface area contributed by atoms with Crippen LogP contribution in [0.3, 0.4) is 0 Å². The number of nitrogens with two attached hydrogens (primary N) is 1. The number of hydrogen-bond donors (Lipinski definition) is 2. The van der Waals surface area contributed by atoms with Gasteiger partial charge in [0.05, 0.1) is 5.52 Å². The second-order valence-corrected chi connectivity index (χ2v) is 6.54. The molecular formula is C19H21ClN2O. The van der Waals surface area contributed by atoms with E-state index in [0.29, 0.717) is 11.6 Å². The molecular weight excluding hydrogens is 308 g/mol. The number of aliphatic hydroxyl groups excluding tert-OH is 1. The molecule has 0 aliphatic rings. The molecule has 3 N–H and O–H groups in total. The Morgan fingerprint density at radius 3 is 2.57 bits per heavy atom. The van der Waals surface area contributed by atoms with Crippen molar-refractivity contribution in [1.29, 1.82) is 0 Å². The Bertz CT molecular complexity index is 839. The van der Waals surface area contributed by atoms with E-state index < -0.39 is 6.23 Å². The molecule has 1 aromatic heterocycles. The van der Waals surface area contributed by atoms with Crippen molar-refractivity contribution in [2.45, 2.75) is 26.6 Å². The SMILES string of the molecule is CC(C)C(O)n1cc(CN)c2ccc(-c3ccccc3Cl)cc21. The zero-order chi connectivity index (χ0) is 16.6. The third-order valence-corrected chi connectivity index (χ3v) is 4.53. The first-order valence-corrected chi connectivity index (χ1v) is 8.17. The molecule has 0 fully saturated rings. The van der Waals surface area contributed by atoms with E-state index in [1.807, 2.05) is 48.9 Å². The number of aromatic nitrogens is 1. The van der Waals surface area contributed by atoms with Gasteiger partial charge in [-0.15, -0.1) is 0 Å². The summed E-state index contributed by atoms with van der Waals surface area (Å²) in [5, 5.41) is 12.3. The first-order valence-electron chi connectivity index (χ1n) is 7.79. The van der Waals surface area contributed by atoms with Gasteiger partial charge in [0.15, 0.2) is 0 Å². The third-order valence-electron chi connectivity index (χ3n) is 4.20. The first-order chi connectivity index (χ1) is 11.0. The molecule has 0 spiro atoms. The maximum absolute atomic E-state index is 10.5. The van der Waals surface area contributed by atoms with Gasteiger partial charge in [-0.05, 0) is 29.2 Å². The lowest BCUT2D eigenvalue weighted by molar-refractivity contribution is 0.0610. The Morgan fingerprint density at radius 1 is 1.17 bits per heavy atom. The van der Waals surface area contributed by atoms with E-state index in [1.54, 1.807) is 0 Å². The zero-order valence-corrected chi connectivity index (χ0v) is 14.1. The minimum absolute atomic E-state index is 0.111. The van der Waals surface area contributed by atoms with E-state index >= 15 is 0 Å². The standard InChI is InChI=1S/C19H21ClN2O/c1-12(2)19(23)22-11-14(10-21)16-8-7-13(9-18(16)22)15-5-3-4-6-17(15)20/h3-9,11-12,19,23H,10,21H2,1-2H3. The molecule has 3 rings (SSSR count). The molecule has 0 aliphatic carbocycles. The monoisotopic (exact) mass is 328 g/mol. The Balaban J connectivity index is 2.22. The summed E-state index contributed by atoms with van der Waals surface area (Å²) in [5.74, 6) is 0.111. The summed E-state index contributed by atoms with van der Waals surface area (Å²) in [5.41, 5.74) is 9.88. The molecule has 4 heteroatoms. The summed E-state index contributed by atoms with van der Waals surface area (Å²) in [6, 6.07) is 13.9. The van der Waals surface area contributed by atoms with Gasteiger partial charge < -0.3 is 15.4 Å². The van der Waals surface area contributed by atoms with E-state index in [9.17, 15) is 5.11 Å². The van der Waals surface area contributed by atoms with E-state index in [2.05, 4.69) is 18.2 Å². The normalized spacial score (nSPS) is 13.0. The predicted octanol–water partition coefficient (Wildman–Crippen LogP) is 4.57. The zero-order valence-electron chi connectivity index (χ0n) is 13.3. The van der Waals surface area contributed by atoms with Gasteiger partial charge in [0.2, 0.25) is 0 Å². The summed E-state index contributed by atoms with van der Waals surface area (Å²) in [6.45, 7) is 4.44. The predicted molar refractivity (Wildman–Crippen MR) is 96.4 cm³/mol. The number of rotatable bonds is 4. The first kappa shape index (κ1) is 16.1. The number of benzene rings is 2. The second-order valence-electron chi connectivity index (χ2n) is 6.14. The van der Waals surface area contributed by atoms with Crippen LogP contribution in [-0.2, 0) is 6.54 Å². The van der Waals surface area contributed by atoms with Crippen LogP contribution in [0.5, 0.6) is 0 Å². The highest BCUT2D eigenvalue weighted by Gasteiger charge is 2.17. The number of aliphatic hydroxyl groups is 1. The fraction of sp³-hybridized carbons (Fsp3) is 0.263. The van der Waals surface area contributed by atoms with E-state index in [-0.39, 0.29) is 5.92 Å². The van der Waals surface area contributed by atoms with Crippen molar-refractivity contribution in [2.75, 3.05) is 0 Å². The number of nitrogens with zero attached hydrogens (tertiary/aromatic N) is 1. The van der Waals surface area contributed by atoms with Gasteiger partial charge in [0.25, 0.3) is 0 Å². The topological polar surface area (TPSA) is 51.2 Å². The van der Waals surface area contributed by atoms with Gasteiger partial charge in [-0.2, -0.15) is 0 Å². The van der Waals surface area contributed by atoms with Crippen LogP contribution in [-0.4, -0.2) is 9.67 Å². The molecule has 0 aliphatic heterocycles. The summed E-state index contributed by atoms with van der Waals surface area (Å²) in [4.78, 5) is 0. The quantitative estimate of drug-likeness (QED) is 0.737. The van der Waals surface area contributed by atoms with Gasteiger partial charge >= 0.3 is 0 Å².